The number of hydrogen-bond donors (Lipinski definition) is 1. The number of rotatable bonds is 9. The van der Waals surface area contributed by atoms with Crippen molar-refractivity contribution in [1.82, 2.24) is 14.1 Å². The van der Waals surface area contributed by atoms with Gasteiger partial charge in [0.25, 0.3) is 0 Å². The summed E-state index contributed by atoms with van der Waals surface area (Å²) in [4.78, 5) is 18.1. The molecule has 0 spiro atoms. The molecule has 178 valence electrons. The predicted octanol–water partition coefficient (Wildman–Crippen LogP) is 5.50. The summed E-state index contributed by atoms with van der Waals surface area (Å²) < 4.78 is 9.86. The van der Waals surface area contributed by atoms with Crippen LogP contribution in [0.2, 0.25) is 24.7 Å². The summed E-state index contributed by atoms with van der Waals surface area (Å²) >= 11 is 6.04. The first kappa shape index (κ1) is 24.4. The summed E-state index contributed by atoms with van der Waals surface area (Å²) in [5.74, 6) is 0.0660. The third-order valence-corrected chi connectivity index (χ3v) is 9.03. The van der Waals surface area contributed by atoms with E-state index in [2.05, 4.69) is 36.1 Å². The van der Waals surface area contributed by atoms with E-state index in [1.807, 2.05) is 54.7 Å². The lowest BCUT2D eigenvalue weighted by Gasteiger charge is -2.25. The molecule has 8 heteroatoms. The first-order chi connectivity index (χ1) is 16.2. The second kappa shape index (κ2) is 9.88. The first-order valence-electron chi connectivity index (χ1n) is 11.3. The zero-order valence-corrected chi connectivity index (χ0v) is 21.7. The smallest absolute Gasteiger partial charge is 0.230 e. The van der Waals surface area contributed by atoms with Crippen molar-refractivity contribution >= 4 is 36.4 Å². The lowest BCUT2D eigenvalue weighted by Crippen LogP contribution is -2.38. The Hall–Kier alpha value is -2.71. The Balaban J connectivity index is 1.69. The summed E-state index contributed by atoms with van der Waals surface area (Å²) in [6.07, 6.45) is 3.57. The van der Waals surface area contributed by atoms with Crippen molar-refractivity contribution in [2.24, 2.45) is 0 Å². The van der Waals surface area contributed by atoms with Gasteiger partial charge in [-0.25, -0.2) is 4.98 Å². The van der Waals surface area contributed by atoms with E-state index in [1.54, 1.807) is 10.8 Å². The highest BCUT2D eigenvalue weighted by atomic mass is 35.5. The van der Waals surface area contributed by atoms with Crippen LogP contribution in [0.25, 0.3) is 10.9 Å². The molecule has 0 bridgehead atoms. The van der Waals surface area contributed by atoms with Crippen LogP contribution in [0.4, 0.5) is 0 Å². The second-order valence-corrected chi connectivity index (χ2v) is 15.6. The molecular formula is C26H30ClN3O3Si. The van der Waals surface area contributed by atoms with Gasteiger partial charge in [0.15, 0.2) is 5.82 Å². The van der Waals surface area contributed by atoms with Gasteiger partial charge < -0.3 is 19.0 Å². The molecule has 6 nitrogen and oxygen atoms in total. The van der Waals surface area contributed by atoms with Crippen molar-refractivity contribution in [2.45, 2.75) is 52.2 Å². The van der Waals surface area contributed by atoms with Gasteiger partial charge in [0.05, 0.1) is 25.9 Å². The van der Waals surface area contributed by atoms with Crippen LogP contribution in [0, 0.1) is 0 Å². The third-order valence-electron chi connectivity index (χ3n) is 6.17. The molecular weight excluding hydrogens is 466 g/mol. The van der Waals surface area contributed by atoms with Gasteiger partial charge in [-0.3, -0.25) is 4.79 Å². The number of fused-ring (bicyclic) bond motifs is 1. The second-order valence-electron chi connectivity index (χ2n) is 9.63. The van der Waals surface area contributed by atoms with Gasteiger partial charge in [-0.05, 0) is 30.7 Å². The molecule has 1 unspecified atom stereocenters. The summed E-state index contributed by atoms with van der Waals surface area (Å²) in [5, 5.41) is 11.2. The normalized spacial score (nSPS) is 12.9. The number of ether oxygens (including phenoxy) is 1. The van der Waals surface area contributed by atoms with Crippen LogP contribution < -0.4 is 0 Å². The van der Waals surface area contributed by atoms with Crippen molar-refractivity contribution in [3.8, 4) is 0 Å². The largest absolute Gasteiger partial charge is 0.390 e. The van der Waals surface area contributed by atoms with E-state index in [0.29, 0.717) is 22.8 Å². The number of para-hydroxylation sites is 1. The maximum atomic E-state index is 13.7. The van der Waals surface area contributed by atoms with Crippen molar-refractivity contribution in [2.75, 3.05) is 0 Å². The van der Waals surface area contributed by atoms with Gasteiger partial charge in [-0.15, -0.1) is 0 Å². The molecule has 4 rings (SSSR count). The number of aromatic nitrogens is 3. The van der Waals surface area contributed by atoms with E-state index in [-0.39, 0.29) is 30.7 Å². The van der Waals surface area contributed by atoms with Gasteiger partial charge in [0, 0.05) is 40.6 Å². The van der Waals surface area contributed by atoms with E-state index in [4.69, 9.17) is 16.3 Å². The Morgan fingerprint density at radius 1 is 1.09 bits per heavy atom. The Labute approximate surface area is 205 Å². The number of imidazole rings is 1. The van der Waals surface area contributed by atoms with Gasteiger partial charge in [-0.1, -0.05) is 61.6 Å². The molecule has 0 saturated heterocycles. The molecule has 1 N–H and O–H groups in total. The number of carbonyl (C=O) groups excluding carboxylic acids is 1. The summed E-state index contributed by atoms with van der Waals surface area (Å²) in [7, 11) is -1.50. The highest BCUT2D eigenvalue weighted by Crippen LogP contribution is 2.25. The topological polar surface area (TPSA) is 69.3 Å². The minimum atomic E-state index is -1.50. The summed E-state index contributed by atoms with van der Waals surface area (Å²) in [6.45, 7) is 9.38. The van der Waals surface area contributed by atoms with Crippen LogP contribution in [0.15, 0.2) is 60.9 Å². The van der Waals surface area contributed by atoms with Crippen molar-refractivity contribution < 1.29 is 14.6 Å². The van der Waals surface area contributed by atoms with E-state index < -0.39 is 8.07 Å². The van der Waals surface area contributed by atoms with Gasteiger partial charge in [-0.2, -0.15) is 0 Å². The van der Waals surface area contributed by atoms with Gasteiger partial charge in [0.1, 0.15) is 6.73 Å². The van der Waals surface area contributed by atoms with Crippen LogP contribution in [0.5, 0.6) is 0 Å². The number of benzene rings is 2. The summed E-state index contributed by atoms with van der Waals surface area (Å²) in [5.41, 5.74) is 3.17. The summed E-state index contributed by atoms with van der Waals surface area (Å²) in [6, 6.07) is 15.5. The van der Waals surface area contributed by atoms with E-state index in [9.17, 15) is 9.90 Å². The quantitative estimate of drug-likeness (QED) is 0.246. The fourth-order valence-corrected chi connectivity index (χ4v) is 4.43. The molecule has 2 aromatic carbocycles. The first-order valence-corrected chi connectivity index (χ1v) is 15.3. The Bertz CT molecular complexity index is 1310. The lowest BCUT2D eigenvalue weighted by molar-refractivity contribution is 0.0541. The minimum absolute atomic E-state index is 0.108. The van der Waals surface area contributed by atoms with Crippen LogP contribution in [-0.2, 0) is 24.6 Å². The molecule has 0 amide bonds. The standard InChI is InChI=1S/C26H30ClN3O3Si/c1-18(34(2,3)4)33-17-30-14-21(16-31)28-26(30)25(32)23-15-29(24-8-6-5-7-22(23)24)13-19-9-11-20(27)12-10-19/h5-12,14-15,18,31H,13,16-17H2,1-4H3. The molecule has 0 saturated carbocycles. The Morgan fingerprint density at radius 2 is 1.79 bits per heavy atom. The SMILES string of the molecule is CC(OCn1cc(CO)nc1C(=O)c1cn(Cc2ccc(Cl)cc2)c2ccccc12)[Si](C)(C)C. The fraction of sp³-hybridized carbons (Fsp3) is 0.308. The highest BCUT2D eigenvalue weighted by molar-refractivity contribution is 6.77. The van der Waals surface area contributed by atoms with E-state index in [1.165, 1.54) is 0 Å². The third kappa shape index (κ3) is 5.18. The zero-order valence-electron chi connectivity index (χ0n) is 20.0. The number of carbonyl (C=O) groups is 1. The average Bonchev–Trinajstić information content (AvgIpc) is 3.39. The monoisotopic (exact) mass is 495 g/mol. The number of ketones is 1. The van der Waals surface area contributed by atoms with Crippen LogP contribution >= 0.6 is 11.6 Å². The molecule has 2 heterocycles. The fourth-order valence-electron chi connectivity index (χ4n) is 3.73. The molecule has 34 heavy (non-hydrogen) atoms. The number of aliphatic hydroxyl groups is 1. The molecule has 0 fully saturated rings. The molecule has 0 aliphatic rings. The van der Waals surface area contributed by atoms with Gasteiger partial charge in [0.2, 0.25) is 5.78 Å². The maximum absolute atomic E-state index is 13.7. The molecule has 0 radical (unpaired) electrons. The number of nitrogens with zero attached hydrogens (tertiary/aromatic N) is 3. The average molecular weight is 496 g/mol. The van der Waals surface area contributed by atoms with Crippen LogP contribution in [0.1, 0.15) is 34.4 Å². The van der Waals surface area contributed by atoms with Crippen molar-refractivity contribution in [3.05, 3.63) is 88.6 Å². The van der Waals surface area contributed by atoms with Crippen LogP contribution in [-0.4, -0.2) is 38.8 Å². The predicted molar refractivity (Wildman–Crippen MR) is 138 cm³/mol. The molecule has 2 aromatic heterocycles. The number of hydrogen-bond acceptors (Lipinski definition) is 4. The molecule has 0 aliphatic heterocycles. The zero-order chi connectivity index (χ0) is 24.5. The maximum Gasteiger partial charge on any atom is 0.230 e. The van der Waals surface area contributed by atoms with E-state index in [0.717, 1.165) is 16.5 Å². The minimum Gasteiger partial charge on any atom is -0.390 e. The lowest BCUT2D eigenvalue weighted by atomic mass is 10.1. The molecule has 4 aromatic rings. The number of halogens is 1. The Morgan fingerprint density at radius 3 is 2.47 bits per heavy atom. The van der Waals surface area contributed by atoms with Crippen molar-refractivity contribution in [3.63, 3.8) is 0 Å². The Kier molecular flexibility index (Phi) is 7.09. The number of aliphatic hydroxyl groups excluding tert-OH is 1. The molecule has 1 atom stereocenters. The highest BCUT2D eigenvalue weighted by Gasteiger charge is 2.25. The van der Waals surface area contributed by atoms with Crippen molar-refractivity contribution in [1.29, 1.82) is 0 Å². The molecule has 0 aliphatic carbocycles. The van der Waals surface area contributed by atoms with Crippen LogP contribution in [0.3, 0.4) is 0 Å². The van der Waals surface area contributed by atoms with Gasteiger partial charge >= 0.3 is 0 Å². The van der Waals surface area contributed by atoms with E-state index >= 15 is 0 Å².